The van der Waals surface area contributed by atoms with Crippen LogP contribution in [0.5, 0.6) is 0 Å². The maximum atomic E-state index is 12.6. The summed E-state index contributed by atoms with van der Waals surface area (Å²) in [6, 6.07) is 12.2. The molecule has 0 unspecified atom stereocenters. The fraction of sp³-hybridized carbons (Fsp3) is 0.316. The molecule has 2 aromatic heterocycles. The second-order valence-corrected chi connectivity index (χ2v) is 9.77. The minimum atomic E-state index is -0.259. The minimum absolute atomic E-state index is 0.0347. The molecule has 5 nitrogen and oxygen atoms in total. The van der Waals surface area contributed by atoms with Gasteiger partial charge in [-0.25, -0.2) is 0 Å². The predicted octanol–water partition coefficient (Wildman–Crippen LogP) is 5.15. The van der Waals surface area contributed by atoms with E-state index in [1.165, 1.54) is 16.6 Å². The van der Waals surface area contributed by atoms with Gasteiger partial charge >= 0.3 is 0 Å². The molecule has 0 bridgehead atoms. The minimum Gasteiger partial charge on any atom is -0.325 e. The van der Waals surface area contributed by atoms with Gasteiger partial charge in [-0.05, 0) is 55.5 Å². The van der Waals surface area contributed by atoms with E-state index in [0.717, 1.165) is 40.4 Å². The Morgan fingerprint density at radius 2 is 2.11 bits per heavy atom. The molecule has 1 aromatic carbocycles. The summed E-state index contributed by atoms with van der Waals surface area (Å²) in [5.41, 5.74) is 0.790. The summed E-state index contributed by atoms with van der Waals surface area (Å²) in [5, 5.41) is 14.4. The number of rotatable bonds is 7. The number of nitrogens with zero attached hydrogens (tertiary/aromatic N) is 3. The van der Waals surface area contributed by atoms with Gasteiger partial charge in [-0.2, -0.15) is 0 Å². The lowest BCUT2D eigenvalue weighted by atomic mass is 10.3. The maximum absolute atomic E-state index is 12.6. The maximum Gasteiger partial charge on any atom is 0.237 e. The first-order valence-electron chi connectivity index (χ1n) is 8.79. The van der Waals surface area contributed by atoms with E-state index in [0.29, 0.717) is 6.04 Å². The molecule has 0 aliphatic heterocycles. The summed E-state index contributed by atoms with van der Waals surface area (Å²) in [6.45, 7) is 1.91. The zero-order chi connectivity index (χ0) is 18.8. The van der Waals surface area contributed by atoms with Gasteiger partial charge in [0, 0.05) is 27.5 Å². The van der Waals surface area contributed by atoms with Crippen molar-refractivity contribution in [2.75, 3.05) is 5.32 Å². The molecular weight excluding hydrogens is 444 g/mol. The Hall–Kier alpha value is -1.64. The fourth-order valence-electron chi connectivity index (χ4n) is 2.77. The summed E-state index contributed by atoms with van der Waals surface area (Å²) >= 11 is 6.61. The summed E-state index contributed by atoms with van der Waals surface area (Å²) < 4.78 is 3.21. The van der Waals surface area contributed by atoms with Gasteiger partial charge in [-0.3, -0.25) is 4.79 Å². The average molecular weight is 463 g/mol. The van der Waals surface area contributed by atoms with Crippen molar-refractivity contribution in [3.8, 4) is 0 Å². The van der Waals surface area contributed by atoms with Crippen molar-refractivity contribution in [1.82, 2.24) is 14.8 Å². The van der Waals surface area contributed by atoms with Crippen molar-refractivity contribution in [3.05, 3.63) is 57.0 Å². The lowest BCUT2D eigenvalue weighted by Crippen LogP contribution is -2.23. The van der Waals surface area contributed by atoms with Crippen LogP contribution >= 0.6 is 39.0 Å². The van der Waals surface area contributed by atoms with Crippen molar-refractivity contribution in [1.29, 1.82) is 0 Å². The summed E-state index contributed by atoms with van der Waals surface area (Å²) in [6.07, 6.45) is 3.10. The molecule has 1 fully saturated rings. The van der Waals surface area contributed by atoms with Crippen LogP contribution in [0, 0.1) is 0 Å². The number of amides is 1. The van der Waals surface area contributed by atoms with Crippen LogP contribution in [0.25, 0.3) is 0 Å². The largest absolute Gasteiger partial charge is 0.325 e. The highest BCUT2D eigenvalue weighted by molar-refractivity contribution is 9.10. The predicted molar refractivity (Wildman–Crippen MR) is 114 cm³/mol. The number of benzene rings is 1. The molecule has 4 rings (SSSR count). The van der Waals surface area contributed by atoms with E-state index in [9.17, 15) is 4.79 Å². The first-order chi connectivity index (χ1) is 13.1. The van der Waals surface area contributed by atoms with E-state index in [4.69, 9.17) is 0 Å². The number of hydrogen-bond donors (Lipinski definition) is 1. The Morgan fingerprint density at radius 3 is 2.78 bits per heavy atom. The number of thioether (sulfide) groups is 1. The van der Waals surface area contributed by atoms with E-state index < -0.39 is 0 Å². The van der Waals surface area contributed by atoms with E-state index in [-0.39, 0.29) is 11.2 Å². The van der Waals surface area contributed by atoms with Crippen LogP contribution < -0.4 is 5.32 Å². The van der Waals surface area contributed by atoms with Crippen LogP contribution in [0.2, 0.25) is 0 Å². The Kier molecular flexibility index (Phi) is 5.66. The number of aromatic nitrogens is 3. The van der Waals surface area contributed by atoms with Gasteiger partial charge in [0.1, 0.15) is 5.82 Å². The number of carbonyl (C=O) groups is 1. The van der Waals surface area contributed by atoms with Crippen molar-refractivity contribution in [3.63, 3.8) is 0 Å². The Balaban J connectivity index is 1.46. The second kappa shape index (κ2) is 8.16. The zero-order valence-electron chi connectivity index (χ0n) is 14.8. The van der Waals surface area contributed by atoms with Gasteiger partial charge in [0.2, 0.25) is 5.91 Å². The van der Waals surface area contributed by atoms with Crippen LogP contribution in [-0.4, -0.2) is 25.9 Å². The van der Waals surface area contributed by atoms with E-state index in [1.807, 2.05) is 31.2 Å². The topological polar surface area (TPSA) is 59.8 Å². The highest BCUT2D eigenvalue weighted by Gasteiger charge is 2.31. The second-order valence-electron chi connectivity index (χ2n) is 6.51. The fourth-order valence-corrected chi connectivity index (χ4v) is 4.67. The van der Waals surface area contributed by atoms with Crippen molar-refractivity contribution in [2.45, 2.75) is 42.6 Å². The quantitative estimate of drug-likeness (QED) is 0.493. The highest BCUT2D eigenvalue weighted by atomic mass is 79.9. The van der Waals surface area contributed by atoms with Gasteiger partial charge in [0.05, 0.1) is 5.25 Å². The zero-order valence-corrected chi connectivity index (χ0v) is 18.0. The van der Waals surface area contributed by atoms with Crippen LogP contribution in [0.3, 0.4) is 0 Å². The number of carbonyl (C=O) groups excluding carboxylic acids is 1. The Morgan fingerprint density at radius 1 is 1.33 bits per heavy atom. The van der Waals surface area contributed by atoms with Crippen molar-refractivity contribution < 1.29 is 4.79 Å². The van der Waals surface area contributed by atoms with Gasteiger partial charge in [0.15, 0.2) is 5.16 Å². The van der Waals surface area contributed by atoms with Gasteiger partial charge < -0.3 is 9.88 Å². The summed E-state index contributed by atoms with van der Waals surface area (Å²) in [4.78, 5) is 13.8. The molecule has 0 radical (unpaired) electrons. The molecule has 27 heavy (non-hydrogen) atoms. The smallest absolute Gasteiger partial charge is 0.237 e. The van der Waals surface area contributed by atoms with Crippen molar-refractivity contribution >= 4 is 50.6 Å². The number of halogens is 1. The van der Waals surface area contributed by atoms with Crippen LogP contribution in [0.15, 0.2) is 51.4 Å². The first-order valence-corrected chi connectivity index (χ1v) is 11.3. The van der Waals surface area contributed by atoms with E-state index >= 15 is 0 Å². The SMILES string of the molecule is C[C@H](Sc1nnc(Cc2cccs2)n1C1CC1)C(=O)Nc1ccc(Br)cc1. The molecular formula is C19H19BrN4OS2. The molecule has 8 heteroatoms. The standard InChI is InChI=1S/C19H19BrN4OS2/c1-12(18(25)21-14-6-4-13(20)5-7-14)27-19-23-22-17(24(19)15-8-9-15)11-16-3-2-10-26-16/h2-7,10,12,15H,8-9,11H2,1H3,(H,21,25)/t12-/m0/s1. The third kappa shape index (κ3) is 4.62. The molecule has 3 aromatic rings. The molecule has 0 spiro atoms. The highest BCUT2D eigenvalue weighted by Crippen LogP contribution is 2.40. The molecule has 1 N–H and O–H groups in total. The van der Waals surface area contributed by atoms with Crippen LogP contribution in [0.4, 0.5) is 5.69 Å². The van der Waals surface area contributed by atoms with Gasteiger partial charge in [-0.1, -0.05) is 33.8 Å². The first kappa shape index (κ1) is 18.7. The average Bonchev–Trinajstić information content (AvgIpc) is 3.21. The molecule has 1 aliphatic carbocycles. The summed E-state index contributed by atoms with van der Waals surface area (Å²) in [7, 11) is 0. The monoisotopic (exact) mass is 462 g/mol. The molecule has 1 atom stereocenters. The van der Waals surface area contributed by atoms with Crippen LogP contribution in [0.1, 0.15) is 36.5 Å². The third-order valence-corrected chi connectivity index (χ3v) is 6.78. The van der Waals surface area contributed by atoms with E-state index in [1.54, 1.807) is 11.3 Å². The van der Waals surface area contributed by atoms with Gasteiger partial charge in [0.25, 0.3) is 0 Å². The molecule has 140 valence electrons. The lowest BCUT2D eigenvalue weighted by molar-refractivity contribution is -0.115. The lowest BCUT2D eigenvalue weighted by Gasteiger charge is -2.13. The molecule has 0 saturated heterocycles. The Bertz CT molecular complexity index is 920. The summed E-state index contributed by atoms with van der Waals surface area (Å²) in [5.74, 6) is 0.954. The number of thiophene rings is 1. The normalized spacial score (nSPS) is 14.9. The number of nitrogens with one attached hydrogen (secondary N) is 1. The van der Waals surface area contributed by atoms with Crippen molar-refractivity contribution in [2.24, 2.45) is 0 Å². The molecule has 1 saturated carbocycles. The van der Waals surface area contributed by atoms with Crippen LogP contribution in [-0.2, 0) is 11.2 Å². The third-order valence-electron chi connectivity index (χ3n) is 4.32. The molecule has 1 aliphatic rings. The van der Waals surface area contributed by atoms with Gasteiger partial charge in [-0.15, -0.1) is 21.5 Å². The van der Waals surface area contributed by atoms with E-state index in [2.05, 4.69) is 53.5 Å². The molecule has 1 amide bonds. The Labute approximate surface area is 174 Å². The number of anilines is 1. The molecule has 2 heterocycles. The number of hydrogen-bond acceptors (Lipinski definition) is 5.